The number of anilines is 1. The van der Waals surface area contributed by atoms with E-state index in [1.165, 1.54) is 0 Å². The highest BCUT2D eigenvalue weighted by Gasteiger charge is 2.21. The number of aromatic nitrogens is 1. The maximum absolute atomic E-state index is 13.3. The molecule has 0 aliphatic rings. The number of hydrogen-bond acceptors (Lipinski definition) is 6. The Morgan fingerprint density at radius 1 is 1.33 bits per heavy atom. The molecule has 5 N–H and O–H groups in total. The number of aliphatic hydroxyl groups excluding tert-OH is 2. The van der Waals surface area contributed by atoms with Crippen LogP contribution in [0.4, 0.5) is 15.0 Å². The fraction of sp³-hybridized carbons (Fsp3) is 0.250. The van der Waals surface area contributed by atoms with E-state index in [1.807, 2.05) is 18.2 Å². The molecule has 1 heterocycles. The zero-order valence-electron chi connectivity index (χ0n) is 12.7. The molecule has 7 nitrogen and oxygen atoms in total. The van der Waals surface area contributed by atoms with E-state index >= 15 is 0 Å². The largest absolute Gasteiger partial charge is 0.445 e. The van der Waals surface area contributed by atoms with Gasteiger partial charge in [0.1, 0.15) is 18.8 Å². The number of alkyl carbamates (subject to hydrolysis) is 1. The predicted octanol–water partition coefficient (Wildman–Crippen LogP) is 1.12. The summed E-state index contributed by atoms with van der Waals surface area (Å²) in [4.78, 5) is 15.1. The lowest BCUT2D eigenvalue weighted by Gasteiger charge is -2.18. The molecule has 0 fully saturated rings. The number of hydrogen-bond donors (Lipinski definition) is 4. The summed E-state index contributed by atoms with van der Waals surface area (Å²) in [6.45, 7) is -0.195. The van der Waals surface area contributed by atoms with Gasteiger partial charge in [0.15, 0.2) is 11.6 Å². The highest BCUT2D eigenvalue weighted by Crippen LogP contribution is 2.18. The number of carbonyl (C=O) groups excluding carboxylic acids is 1. The summed E-state index contributed by atoms with van der Waals surface area (Å²) in [6.07, 6.45) is -2.38. The summed E-state index contributed by atoms with van der Waals surface area (Å²) in [5.41, 5.74) is 6.11. The van der Waals surface area contributed by atoms with Crippen LogP contribution in [0.2, 0.25) is 0 Å². The molecule has 1 aromatic carbocycles. The van der Waals surface area contributed by atoms with E-state index in [0.29, 0.717) is 0 Å². The molecule has 24 heavy (non-hydrogen) atoms. The van der Waals surface area contributed by atoms with Gasteiger partial charge in [-0.3, -0.25) is 0 Å². The number of carbonyl (C=O) groups is 1. The standard InChI is InChI=1S/C16H18FN3O4/c17-12-6-11(7-19-15(12)18)14(22)13(21)8-20-16(23)24-9-10-4-2-1-3-5-10/h1-7,13-14,21-22H,8-9H2,(H2,18,19)(H,20,23). The lowest BCUT2D eigenvalue weighted by atomic mass is 10.1. The first kappa shape index (κ1) is 17.6. The van der Waals surface area contributed by atoms with E-state index in [-0.39, 0.29) is 24.5 Å². The summed E-state index contributed by atoms with van der Waals surface area (Å²) in [7, 11) is 0. The monoisotopic (exact) mass is 335 g/mol. The molecular weight excluding hydrogens is 317 g/mol. The van der Waals surface area contributed by atoms with Crippen molar-refractivity contribution >= 4 is 11.9 Å². The number of rotatable bonds is 6. The number of aliphatic hydroxyl groups is 2. The molecule has 1 amide bonds. The fourth-order valence-electron chi connectivity index (χ4n) is 1.92. The zero-order valence-corrected chi connectivity index (χ0v) is 12.7. The molecule has 0 aliphatic heterocycles. The molecule has 8 heteroatoms. The van der Waals surface area contributed by atoms with E-state index in [9.17, 15) is 19.4 Å². The molecule has 2 unspecified atom stereocenters. The van der Waals surface area contributed by atoms with Crippen molar-refractivity contribution in [2.75, 3.05) is 12.3 Å². The highest BCUT2D eigenvalue weighted by molar-refractivity contribution is 5.67. The van der Waals surface area contributed by atoms with Crippen molar-refractivity contribution < 1.29 is 24.1 Å². The molecular formula is C16H18FN3O4. The summed E-state index contributed by atoms with van der Waals surface area (Å²) in [5, 5.41) is 22.1. The molecule has 0 radical (unpaired) electrons. The Bertz CT molecular complexity index is 684. The minimum Gasteiger partial charge on any atom is -0.445 e. The lowest BCUT2D eigenvalue weighted by Crippen LogP contribution is -2.35. The van der Waals surface area contributed by atoms with Crippen molar-refractivity contribution in [1.82, 2.24) is 10.3 Å². The molecule has 1 aromatic heterocycles. The van der Waals surface area contributed by atoms with Gasteiger partial charge in [0.2, 0.25) is 0 Å². The van der Waals surface area contributed by atoms with E-state index in [0.717, 1.165) is 17.8 Å². The van der Waals surface area contributed by atoms with Gasteiger partial charge in [-0.05, 0) is 11.6 Å². The summed E-state index contributed by atoms with van der Waals surface area (Å²) in [6, 6.07) is 10.1. The molecule has 2 rings (SSSR count). The van der Waals surface area contributed by atoms with Crippen molar-refractivity contribution in [1.29, 1.82) is 0 Å². The maximum Gasteiger partial charge on any atom is 0.407 e. The minimum atomic E-state index is -1.43. The Balaban J connectivity index is 1.80. The maximum atomic E-state index is 13.3. The first-order valence-electron chi connectivity index (χ1n) is 7.19. The average molecular weight is 335 g/mol. The minimum absolute atomic E-state index is 0.0497. The molecule has 2 atom stereocenters. The van der Waals surface area contributed by atoms with Gasteiger partial charge in [-0.2, -0.15) is 0 Å². The molecule has 0 bridgehead atoms. The van der Waals surface area contributed by atoms with Gasteiger partial charge < -0.3 is 26.0 Å². The van der Waals surface area contributed by atoms with E-state index in [4.69, 9.17) is 10.5 Å². The van der Waals surface area contributed by atoms with Gasteiger partial charge in [0.25, 0.3) is 0 Å². The van der Waals surface area contributed by atoms with Crippen molar-refractivity contribution in [2.24, 2.45) is 0 Å². The summed E-state index contributed by atoms with van der Waals surface area (Å²) >= 11 is 0. The number of pyridine rings is 1. The Labute approximate surface area is 137 Å². The third-order valence-corrected chi connectivity index (χ3v) is 3.27. The highest BCUT2D eigenvalue weighted by atomic mass is 19.1. The zero-order chi connectivity index (χ0) is 17.5. The van der Waals surface area contributed by atoms with Crippen LogP contribution in [0.3, 0.4) is 0 Å². The van der Waals surface area contributed by atoms with Crippen LogP contribution in [-0.2, 0) is 11.3 Å². The average Bonchev–Trinajstić information content (AvgIpc) is 2.60. The second-order valence-corrected chi connectivity index (χ2v) is 5.09. The molecule has 0 aliphatic carbocycles. The van der Waals surface area contributed by atoms with Crippen LogP contribution in [0.5, 0.6) is 0 Å². The predicted molar refractivity (Wildman–Crippen MR) is 84.2 cm³/mol. The molecule has 0 spiro atoms. The van der Waals surface area contributed by atoms with E-state index in [1.54, 1.807) is 12.1 Å². The number of amides is 1. The van der Waals surface area contributed by atoms with Crippen LogP contribution in [0.15, 0.2) is 42.6 Å². The van der Waals surface area contributed by atoms with Gasteiger partial charge >= 0.3 is 6.09 Å². The lowest BCUT2D eigenvalue weighted by molar-refractivity contribution is 0.0180. The second kappa shape index (κ2) is 8.23. The van der Waals surface area contributed by atoms with Crippen LogP contribution in [-0.4, -0.2) is 33.9 Å². The van der Waals surface area contributed by atoms with Gasteiger partial charge in [0.05, 0.1) is 0 Å². The molecule has 0 saturated heterocycles. The Kier molecular flexibility index (Phi) is 6.05. The number of halogens is 1. The van der Waals surface area contributed by atoms with Gasteiger partial charge in [-0.1, -0.05) is 30.3 Å². The van der Waals surface area contributed by atoms with Crippen LogP contribution >= 0.6 is 0 Å². The number of benzene rings is 1. The fourth-order valence-corrected chi connectivity index (χ4v) is 1.92. The van der Waals surface area contributed by atoms with Gasteiger partial charge in [0, 0.05) is 18.3 Å². The first-order valence-corrected chi connectivity index (χ1v) is 7.19. The summed E-state index contributed by atoms with van der Waals surface area (Å²) < 4.78 is 18.3. The Morgan fingerprint density at radius 3 is 2.71 bits per heavy atom. The normalized spacial score (nSPS) is 13.1. The smallest absolute Gasteiger partial charge is 0.407 e. The molecule has 0 saturated carbocycles. The quantitative estimate of drug-likeness (QED) is 0.628. The van der Waals surface area contributed by atoms with Crippen LogP contribution < -0.4 is 11.1 Å². The van der Waals surface area contributed by atoms with Gasteiger partial charge in [-0.15, -0.1) is 0 Å². The SMILES string of the molecule is Nc1ncc(C(O)C(O)CNC(=O)OCc2ccccc2)cc1F. The van der Waals surface area contributed by atoms with Gasteiger partial charge in [-0.25, -0.2) is 14.2 Å². The first-order chi connectivity index (χ1) is 11.5. The third kappa shape index (κ3) is 4.90. The molecule has 2 aromatic rings. The van der Waals surface area contributed by atoms with Crippen molar-refractivity contribution in [2.45, 2.75) is 18.8 Å². The van der Waals surface area contributed by atoms with Crippen molar-refractivity contribution in [3.05, 3.63) is 59.5 Å². The Hall–Kier alpha value is -2.71. The topological polar surface area (TPSA) is 118 Å². The summed E-state index contributed by atoms with van der Waals surface area (Å²) in [5.74, 6) is -1.10. The number of ether oxygens (including phenoxy) is 1. The number of nitrogens with two attached hydrogens (primary N) is 1. The van der Waals surface area contributed by atoms with Crippen molar-refractivity contribution in [3.63, 3.8) is 0 Å². The van der Waals surface area contributed by atoms with E-state index < -0.39 is 24.1 Å². The van der Waals surface area contributed by atoms with Crippen LogP contribution in [0.25, 0.3) is 0 Å². The molecule has 128 valence electrons. The van der Waals surface area contributed by atoms with E-state index in [2.05, 4.69) is 10.3 Å². The van der Waals surface area contributed by atoms with Crippen molar-refractivity contribution in [3.8, 4) is 0 Å². The second-order valence-electron chi connectivity index (χ2n) is 5.09. The number of nitrogen functional groups attached to an aromatic ring is 1. The third-order valence-electron chi connectivity index (χ3n) is 3.27. The van der Waals surface area contributed by atoms with Crippen LogP contribution in [0.1, 0.15) is 17.2 Å². The Morgan fingerprint density at radius 2 is 2.04 bits per heavy atom. The van der Waals surface area contributed by atoms with Crippen LogP contribution in [0, 0.1) is 5.82 Å². The number of nitrogens with zero attached hydrogens (tertiary/aromatic N) is 1. The number of nitrogens with one attached hydrogen (secondary N) is 1.